The Labute approximate surface area is 86.6 Å². The van der Waals surface area contributed by atoms with E-state index >= 15 is 0 Å². The smallest absolute Gasteiger partial charge is 0.159 e. The maximum absolute atomic E-state index is 13.2. The summed E-state index contributed by atoms with van der Waals surface area (Å²) in [4.78, 5) is 8.06. The van der Waals surface area contributed by atoms with Crippen LogP contribution in [0.5, 0.6) is 5.75 Å². The molecule has 1 heterocycles. The summed E-state index contributed by atoms with van der Waals surface area (Å²) >= 11 is 0. The monoisotopic (exact) mass is 204 g/mol. The van der Waals surface area contributed by atoms with E-state index in [1.54, 1.807) is 24.5 Å². The summed E-state index contributed by atoms with van der Waals surface area (Å²) in [5.41, 5.74) is 0.604. The molecule has 0 fully saturated rings. The van der Waals surface area contributed by atoms with Crippen molar-refractivity contribution in [2.75, 3.05) is 7.11 Å². The van der Waals surface area contributed by atoms with Crippen LogP contribution in [0, 0.1) is 5.82 Å². The van der Waals surface area contributed by atoms with Crippen molar-refractivity contribution >= 4 is 0 Å². The van der Waals surface area contributed by atoms with E-state index in [-0.39, 0.29) is 5.82 Å². The van der Waals surface area contributed by atoms with Gasteiger partial charge in [-0.25, -0.2) is 14.4 Å². The van der Waals surface area contributed by atoms with Crippen molar-refractivity contribution in [3.8, 4) is 17.1 Å². The van der Waals surface area contributed by atoms with Crippen LogP contribution in [-0.2, 0) is 0 Å². The molecule has 0 aliphatic carbocycles. The van der Waals surface area contributed by atoms with Crippen LogP contribution < -0.4 is 4.74 Å². The fourth-order valence-electron chi connectivity index (χ4n) is 1.26. The van der Waals surface area contributed by atoms with Crippen molar-refractivity contribution < 1.29 is 9.13 Å². The van der Waals surface area contributed by atoms with Gasteiger partial charge in [0.25, 0.3) is 0 Å². The molecule has 0 bridgehead atoms. The summed E-state index contributed by atoms with van der Waals surface area (Å²) < 4.78 is 18.1. The molecule has 0 aliphatic rings. The Morgan fingerprint density at radius 3 is 2.53 bits per heavy atom. The molecule has 76 valence electrons. The summed E-state index contributed by atoms with van der Waals surface area (Å²) in [7, 11) is 1.49. The largest absolute Gasteiger partial charge is 0.497 e. The lowest BCUT2D eigenvalue weighted by atomic mass is 10.2. The number of hydrogen-bond acceptors (Lipinski definition) is 3. The van der Waals surface area contributed by atoms with E-state index in [0.29, 0.717) is 17.1 Å². The molecule has 0 saturated heterocycles. The maximum Gasteiger partial charge on any atom is 0.159 e. The molecule has 0 radical (unpaired) electrons. The second-order valence-corrected chi connectivity index (χ2v) is 2.95. The molecular weight excluding hydrogens is 195 g/mol. The van der Waals surface area contributed by atoms with Crippen LogP contribution >= 0.6 is 0 Å². The molecule has 0 unspecified atom stereocenters. The van der Waals surface area contributed by atoms with Crippen molar-refractivity contribution in [2.45, 2.75) is 0 Å². The second kappa shape index (κ2) is 4.04. The van der Waals surface area contributed by atoms with Gasteiger partial charge >= 0.3 is 0 Å². The van der Waals surface area contributed by atoms with Crippen LogP contribution in [0.15, 0.2) is 36.7 Å². The van der Waals surface area contributed by atoms with Crippen molar-refractivity contribution in [1.82, 2.24) is 9.97 Å². The lowest BCUT2D eigenvalue weighted by molar-refractivity contribution is 0.411. The SMILES string of the molecule is COc1cc(F)cc(-c2ncccn2)c1. The highest BCUT2D eigenvalue weighted by atomic mass is 19.1. The zero-order valence-corrected chi connectivity index (χ0v) is 8.14. The highest BCUT2D eigenvalue weighted by Gasteiger charge is 2.04. The van der Waals surface area contributed by atoms with Gasteiger partial charge in [0.2, 0.25) is 0 Å². The molecule has 2 aromatic rings. The Hall–Kier alpha value is -1.97. The fourth-order valence-corrected chi connectivity index (χ4v) is 1.26. The number of nitrogens with zero attached hydrogens (tertiary/aromatic N) is 2. The van der Waals surface area contributed by atoms with E-state index in [1.165, 1.54) is 19.2 Å². The Morgan fingerprint density at radius 2 is 1.87 bits per heavy atom. The number of methoxy groups -OCH3 is 1. The summed E-state index contributed by atoms with van der Waals surface area (Å²) in [6, 6.07) is 6.09. The zero-order valence-electron chi connectivity index (χ0n) is 8.14. The number of benzene rings is 1. The predicted octanol–water partition coefficient (Wildman–Crippen LogP) is 2.29. The first kappa shape index (κ1) is 9.58. The third-order valence-corrected chi connectivity index (χ3v) is 1.93. The molecule has 0 N–H and O–H groups in total. The van der Waals surface area contributed by atoms with Gasteiger partial charge in [-0.2, -0.15) is 0 Å². The van der Waals surface area contributed by atoms with E-state index in [2.05, 4.69) is 9.97 Å². The highest BCUT2D eigenvalue weighted by molar-refractivity contribution is 5.57. The Kier molecular flexibility index (Phi) is 2.58. The number of hydrogen-bond donors (Lipinski definition) is 0. The molecule has 2 rings (SSSR count). The molecule has 4 heteroatoms. The van der Waals surface area contributed by atoms with E-state index in [4.69, 9.17) is 4.74 Å². The van der Waals surface area contributed by atoms with Crippen LogP contribution in [0.3, 0.4) is 0 Å². The van der Waals surface area contributed by atoms with Crippen LogP contribution in [0.1, 0.15) is 0 Å². The first-order chi connectivity index (χ1) is 7.29. The average molecular weight is 204 g/mol. The minimum Gasteiger partial charge on any atom is -0.497 e. The standard InChI is InChI=1S/C11H9FN2O/c1-15-10-6-8(5-9(12)7-10)11-13-3-2-4-14-11/h2-7H,1H3. The lowest BCUT2D eigenvalue weighted by Crippen LogP contribution is -1.90. The molecule has 1 aromatic heterocycles. The molecule has 15 heavy (non-hydrogen) atoms. The van der Waals surface area contributed by atoms with Gasteiger partial charge in [0.15, 0.2) is 5.82 Å². The van der Waals surface area contributed by atoms with Crippen molar-refractivity contribution in [3.63, 3.8) is 0 Å². The normalized spacial score (nSPS) is 10.0. The molecule has 0 spiro atoms. The zero-order chi connectivity index (χ0) is 10.7. The minimum absolute atomic E-state index is 0.364. The Bertz CT molecular complexity index is 459. The topological polar surface area (TPSA) is 35.0 Å². The number of ether oxygens (including phenoxy) is 1. The second-order valence-electron chi connectivity index (χ2n) is 2.95. The first-order valence-electron chi connectivity index (χ1n) is 4.41. The molecule has 0 aliphatic heterocycles. The summed E-state index contributed by atoms with van der Waals surface area (Å²) in [6.07, 6.45) is 3.22. The third-order valence-electron chi connectivity index (χ3n) is 1.93. The van der Waals surface area contributed by atoms with Crippen LogP contribution in [0.2, 0.25) is 0 Å². The van der Waals surface area contributed by atoms with Crippen LogP contribution in [0.4, 0.5) is 4.39 Å². The molecule has 0 saturated carbocycles. The highest BCUT2D eigenvalue weighted by Crippen LogP contribution is 2.22. The van der Waals surface area contributed by atoms with Gasteiger partial charge in [-0.3, -0.25) is 0 Å². The van der Waals surface area contributed by atoms with Crippen LogP contribution in [-0.4, -0.2) is 17.1 Å². The average Bonchev–Trinajstić information content (AvgIpc) is 2.29. The predicted molar refractivity (Wildman–Crippen MR) is 54.0 cm³/mol. The van der Waals surface area contributed by atoms with Gasteiger partial charge in [0, 0.05) is 24.0 Å². The molecular formula is C11H9FN2O. The first-order valence-corrected chi connectivity index (χ1v) is 4.41. The fraction of sp³-hybridized carbons (Fsp3) is 0.0909. The Balaban J connectivity index is 2.49. The molecule has 0 amide bonds. The van der Waals surface area contributed by atoms with E-state index in [0.717, 1.165) is 0 Å². The minimum atomic E-state index is -0.364. The summed E-state index contributed by atoms with van der Waals surface area (Å²) in [5.74, 6) is 0.574. The van der Waals surface area contributed by atoms with E-state index in [1.807, 2.05) is 0 Å². The van der Waals surface area contributed by atoms with Gasteiger partial charge in [0.05, 0.1) is 7.11 Å². The Morgan fingerprint density at radius 1 is 1.13 bits per heavy atom. The van der Waals surface area contributed by atoms with Gasteiger partial charge in [-0.1, -0.05) is 0 Å². The molecule has 1 aromatic carbocycles. The van der Waals surface area contributed by atoms with Gasteiger partial charge in [0.1, 0.15) is 11.6 Å². The third kappa shape index (κ3) is 2.10. The van der Waals surface area contributed by atoms with Crippen LogP contribution in [0.25, 0.3) is 11.4 Å². The number of rotatable bonds is 2. The molecule has 3 nitrogen and oxygen atoms in total. The number of halogens is 1. The van der Waals surface area contributed by atoms with Crippen molar-refractivity contribution in [3.05, 3.63) is 42.5 Å². The summed E-state index contributed by atoms with van der Waals surface area (Å²) in [6.45, 7) is 0. The number of aromatic nitrogens is 2. The van der Waals surface area contributed by atoms with Gasteiger partial charge in [-0.05, 0) is 18.2 Å². The maximum atomic E-state index is 13.2. The van der Waals surface area contributed by atoms with E-state index in [9.17, 15) is 4.39 Å². The van der Waals surface area contributed by atoms with Crippen molar-refractivity contribution in [2.24, 2.45) is 0 Å². The summed E-state index contributed by atoms with van der Waals surface area (Å²) in [5, 5.41) is 0. The van der Waals surface area contributed by atoms with Gasteiger partial charge < -0.3 is 4.74 Å². The molecule has 0 atom stereocenters. The lowest BCUT2D eigenvalue weighted by Gasteiger charge is -2.03. The van der Waals surface area contributed by atoms with E-state index < -0.39 is 0 Å². The van der Waals surface area contributed by atoms with Crippen molar-refractivity contribution in [1.29, 1.82) is 0 Å². The van der Waals surface area contributed by atoms with Gasteiger partial charge in [-0.15, -0.1) is 0 Å². The quantitative estimate of drug-likeness (QED) is 0.752.